The molecular formula is C14H23N3O5S. The van der Waals surface area contributed by atoms with Crippen LogP contribution in [-0.4, -0.2) is 56.4 Å². The van der Waals surface area contributed by atoms with Crippen LogP contribution >= 0.6 is 0 Å². The summed E-state index contributed by atoms with van der Waals surface area (Å²) in [5, 5.41) is 8.80. The van der Waals surface area contributed by atoms with Gasteiger partial charge in [-0.2, -0.15) is 0 Å². The normalized spacial score (nSPS) is 21.8. The van der Waals surface area contributed by atoms with Crippen LogP contribution in [0.25, 0.3) is 0 Å². The predicted molar refractivity (Wildman–Crippen MR) is 83.0 cm³/mol. The van der Waals surface area contributed by atoms with Gasteiger partial charge >= 0.3 is 0 Å². The Hall–Kier alpha value is -1.45. The van der Waals surface area contributed by atoms with E-state index in [0.29, 0.717) is 19.5 Å². The maximum absolute atomic E-state index is 12.2. The molecule has 0 aromatic carbocycles. The zero-order valence-corrected chi connectivity index (χ0v) is 14.2. The van der Waals surface area contributed by atoms with Crippen LogP contribution in [-0.2, 0) is 26.0 Å². The molecule has 8 nitrogen and oxygen atoms in total. The fraction of sp³-hybridized carbons (Fsp3) is 0.714. The monoisotopic (exact) mass is 345 g/mol. The smallest absolute Gasteiger partial charge is 0.222 e. The highest BCUT2D eigenvalue weighted by atomic mass is 32.2. The zero-order chi connectivity index (χ0) is 17.0. The molecule has 23 heavy (non-hydrogen) atoms. The minimum Gasteiger partial charge on any atom is -0.379 e. The van der Waals surface area contributed by atoms with E-state index < -0.39 is 10.0 Å². The number of amides is 1. The number of hydrogen-bond donors (Lipinski definition) is 1. The Morgan fingerprint density at radius 1 is 1.52 bits per heavy atom. The lowest BCUT2D eigenvalue weighted by atomic mass is 10.0. The van der Waals surface area contributed by atoms with Gasteiger partial charge in [-0.15, -0.1) is 0 Å². The van der Waals surface area contributed by atoms with Crippen LogP contribution < -0.4 is 5.14 Å². The first-order valence-electron chi connectivity index (χ1n) is 7.51. The summed E-state index contributed by atoms with van der Waals surface area (Å²) in [6, 6.07) is 1.88. The number of primary sulfonamides is 1. The molecule has 0 unspecified atom stereocenters. The predicted octanol–water partition coefficient (Wildman–Crippen LogP) is 0.0676. The van der Waals surface area contributed by atoms with E-state index in [9.17, 15) is 13.2 Å². The van der Waals surface area contributed by atoms with Crippen LogP contribution in [0.3, 0.4) is 0 Å². The topological polar surface area (TPSA) is 116 Å². The molecule has 0 spiro atoms. The first kappa shape index (κ1) is 17.9. The molecule has 0 aliphatic carbocycles. The number of hydrogen-bond acceptors (Lipinski definition) is 6. The molecule has 1 aliphatic rings. The van der Waals surface area contributed by atoms with Crippen molar-refractivity contribution in [1.82, 2.24) is 10.1 Å². The molecular weight excluding hydrogens is 322 g/mol. The zero-order valence-electron chi connectivity index (χ0n) is 13.4. The van der Waals surface area contributed by atoms with Gasteiger partial charge < -0.3 is 14.2 Å². The number of carbonyl (C=O) groups excluding carboxylic acids is 1. The van der Waals surface area contributed by atoms with Crippen LogP contribution in [0, 0.1) is 12.8 Å². The van der Waals surface area contributed by atoms with Crippen LogP contribution in [0.2, 0.25) is 0 Å². The number of nitrogens with zero attached hydrogens (tertiary/aromatic N) is 2. The van der Waals surface area contributed by atoms with Crippen molar-refractivity contribution in [3.8, 4) is 0 Å². The Morgan fingerprint density at radius 2 is 2.26 bits per heavy atom. The summed E-state index contributed by atoms with van der Waals surface area (Å²) in [4.78, 5) is 13.9. The first-order chi connectivity index (χ1) is 10.8. The van der Waals surface area contributed by atoms with Gasteiger partial charge in [0, 0.05) is 45.0 Å². The second-order valence-electron chi connectivity index (χ2n) is 5.94. The van der Waals surface area contributed by atoms with E-state index in [0.717, 1.165) is 11.5 Å². The minimum absolute atomic E-state index is 0.0670. The summed E-state index contributed by atoms with van der Waals surface area (Å²) in [6.07, 6.45) is 0.988. The maximum atomic E-state index is 12.2. The molecule has 1 saturated heterocycles. The number of methoxy groups -OCH3 is 1. The Labute approximate surface area is 136 Å². The summed E-state index contributed by atoms with van der Waals surface area (Å²) in [5.41, 5.74) is 0.822. The lowest BCUT2D eigenvalue weighted by Crippen LogP contribution is -2.30. The maximum Gasteiger partial charge on any atom is 0.222 e. The standard InChI is InChI=1S/C14H23N3O5S/c1-10-6-12(22-16-10)7-11-8-17(9-13(11)21-2)14(18)4-3-5-23(15,19)20/h6,11,13H,3-5,7-9H2,1-2H3,(H2,15,19,20)/t11-,13+/m1/s1. The molecule has 9 heteroatoms. The number of aryl methyl sites for hydroxylation is 1. The second kappa shape index (κ2) is 7.41. The van der Waals surface area contributed by atoms with Crippen LogP contribution in [0.1, 0.15) is 24.3 Å². The molecule has 1 aliphatic heterocycles. The lowest BCUT2D eigenvalue weighted by molar-refractivity contribution is -0.130. The molecule has 0 radical (unpaired) electrons. The van der Waals surface area contributed by atoms with Crippen molar-refractivity contribution >= 4 is 15.9 Å². The van der Waals surface area contributed by atoms with Crippen LogP contribution in [0.5, 0.6) is 0 Å². The number of aromatic nitrogens is 1. The number of ether oxygens (including phenoxy) is 1. The minimum atomic E-state index is -3.52. The average Bonchev–Trinajstić information content (AvgIpc) is 3.04. The third-order valence-corrected chi connectivity index (χ3v) is 4.85. The molecule has 2 N–H and O–H groups in total. The molecule has 1 fully saturated rings. The van der Waals surface area contributed by atoms with Crippen molar-refractivity contribution in [3.05, 3.63) is 17.5 Å². The van der Waals surface area contributed by atoms with Gasteiger partial charge in [-0.25, -0.2) is 13.6 Å². The SMILES string of the molecule is CO[C@H]1CN(C(=O)CCCS(N)(=O)=O)C[C@H]1Cc1cc(C)no1. The summed E-state index contributed by atoms with van der Waals surface area (Å²) in [5.74, 6) is 0.653. The van der Waals surface area contributed by atoms with Gasteiger partial charge in [0.15, 0.2) is 0 Å². The summed E-state index contributed by atoms with van der Waals surface area (Å²) in [6.45, 7) is 2.92. The van der Waals surface area contributed by atoms with Gasteiger partial charge in [0.1, 0.15) is 5.76 Å². The molecule has 0 bridgehead atoms. The first-order valence-corrected chi connectivity index (χ1v) is 9.23. The average molecular weight is 345 g/mol. The molecule has 2 heterocycles. The van der Waals surface area contributed by atoms with Gasteiger partial charge in [0.2, 0.25) is 15.9 Å². The highest BCUT2D eigenvalue weighted by Crippen LogP contribution is 2.24. The highest BCUT2D eigenvalue weighted by Gasteiger charge is 2.35. The van der Waals surface area contributed by atoms with E-state index in [2.05, 4.69) is 5.16 Å². The fourth-order valence-electron chi connectivity index (χ4n) is 2.86. The van der Waals surface area contributed by atoms with Crippen molar-refractivity contribution in [2.24, 2.45) is 11.1 Å². The second-order valence-corrected chi connectivity index (χ2v) is 7.68. The fourth-order valence-corrected chi connectivity index (χ4v) is 3.41. The number of carbonyl (C=O) groups is 1. The van der Waals surface area contributed by atoms with Gasteiger partial charge in [0.25, 0.3) is 0 Å². The van der Waals surface area contributed by atoms with Crippen molar-refractivity contribution in [1.29, 1.82) is 0 Å². The summed E-state index contributed by atoms with van der Waals surface area (Å²) in [7, 11) is -1.90. The summed E-state index contributed by atoms with van der Waals surface area (Å²) >= 11 is 0. The number of rotatable bonds is 7. The Kier molecular flexibility index (Phi) is 5.77. The molecule has 1 aromatic rings. The lowest BCUT2D eigenvalue weighted by Gasteiger charge is -2.15. The largest absolute Gasteiger partial charge is 0.379 e. The van der Waals surface area contributed by atoms with E-state index in [4.69, 9.17) is 14.4 Å². The molecule has 130 valence electrons. The van der Waals surface area contributed by atoms with Crippen molar-refractivity contribution in [2.75, 3.05) is 26.0 Å². The molecule has 0 saturated carbocycles. The van der Waals surface area contributed by atoms with Gasteiger partial charge in [-0.05, 0) is 13.3 Å². The van der Waals surface area contributed by atoms with Gasteiger partial charge in [-0.1, -0.05) is 5.16 Å². The third-order valence-electron chi connectivity index (χ3n) is 4.00. The molecule has 2 atom stereocenters. The van der Waals surface area contributed by atoms with E-state index in [-0.39, 0.29) is 36.5 Å². The van der Waals surface area contributed by atoms with Crippen LogP contribution in [0.4, 0.5) is 0 Å². The Balaban J connectivity index is 1.88. The number of likely N-dealkylation sites (tertiary alicyclic amines) is 1. The molecule has 1 aromatic heterocycles. The van der Waals surface area contributed by atoms with E-state index in [1.807, 2.05) is 13.0 Å². The van der Waals surface area contributed by atoms with Crippen molar-refractivity contribution in [2.45, 2.75) is 32.3 Å². The molecule has 2 rings (SSSR count). The highest BCUT2D eigenvalue weighted by molar-refractivity contribution is 7.89. The Morgan fingerprint density at radius 3 is 2.83 bits per heavy atom. The Bertz CT molecular complexity index is 643. The van der Waals surface area contributed by atoms with E-state index in [1.54, 1.807) is 12.0 Å². The molecule has 1 amide bonds. The van der Waals surface area contributed by atoms with E-state index >= 15 is 0 Å². The van der Waals surface area contributed by atoms with Crippen molar-refractivity contribution < 1.29 is 22.5 Å². The number of nitrogens with two attached hydrogens (primary N) is 1. The quantitative estimate of drug-likeness (QED) is 0.747. The van der Waals surface area contributed by atoms with Crippen LogP contribution in [0.15, 0.2) is 10.6 Å². The van der Waals surface area contributed by atoms with Gasteiger partial charge in [0.05, 0.1) is 17.6 Å². The third kappa shape index (κ3) is 5.29. The van der Waals surface area contributed by atoms with E-state index in [1.165, 1.54) is 0 Å². The van der Waals surface area contributed by atoms with Gasteiger partial charge in [-0.3, -0.25) is 4.79 Å². The van der Waals surface area contributed by atoms with Crippen molar-refractivity contribution in [3.63, 3.8) is 0 Å². The summed E-state index contributed by atoms with van der Waals surface area (Å²) < 4.78 is 32.5. The number of sulfonamides is 1.